The number of rotatable bonds is 6. The topological polar surface area (TPSA) is 49.6 Å². The first-order valence-corrected chi connectivity index (χ1v) is 10.4. The van der Waals surface area contributed by atoms with Gasteiger partial charge in [-0.3, -0.25) is 0 Å². The Morgan fingerprint density at radius 3 is 2.48 bits per heavy atom. The molecule has 1 heterocycles. The van der Waals surface area contributed by atoms with E-state index in [4.69, 9.17) is 11.6 Å². The van der Waals surface area contributed by atoms with Gasteiger partial charge in [0.2, 0.25) is 0 Å². The molecule has 1 aromatic heterocycles. The molecule has 2 aromatic carbocycles. The van der Waals surface area contributed by atoms with E-state index < -0.39 is 0 Å². The lowest BCUT2D eigenvalue weighted by Crippen LogP contribution is -2.04. The van der Waals surface area contributed by atoms with Crippen LogP contribution in [-0.2, 0) is 12.8 Å². The van der Waals surface area contributed by atoms with Gasteiger partial charge < -0.3 is 0 Å². The van der Waals surface area contributed by atoms with Gasteiger partial charge in [-0.2, -0.15) is 5.26 Å². The molecule has 3 rings (SSSR count). The summed E-state index contributed by atoms with van der Waals surface area (Å²) in [5.74, 6) is 0. The maximum absolute atomic E-state index is 9.30. The predicted octanol–water partition coefficient (Wildman–Crippen LogP) is 5.93. The van der Waals surface area contributed by atoms with Gasteiger partial charge in [-0.15, -0.1) is 0 Å². The van der Waals surface area contributed by atoms with E-state index >= 15 is 0 Å². The molecule has 3 nitrogen and oxygen atoms in total. The van der Waals surface area contributed by atoms with Gasteiger partial charge in [0.25, 0.3) is 0 Å². The van der Waals surface area contributed by atoms with Crippen LogP contribution in [0.4, 0.5) is 0 Å². The second-order valence-electron chi connectivity index (χ2n) is 6.21. The minimum Gasteiger partial charge on any atom is -0.227 e. The first-order valence-electron chi connectivity index (χ1n) is 8.84. The fourth-order valence-corrected chi connectivity index (χ4v) is 3.72. The highest BCUT2D eigenvalue weighted by Crippen LogP contribution is 2.27. The van der Waals surface area contributed by atoms with Gasteiger partial charge >= 0.3 is 0 Å². The van der Waals surface area contributed by atoms with Gasteiger partial charge in [-0.05, 0) is 35.4 Å². The molecule has 0 bridgehead atoms. The first-order chi connectivity index (χ1) is 13.2. The number of aryl methyl sites for hydroxylation is 1. The van der Waals surface area contributed by atoms with Crippen molar-refractivity contribution in [3.05, 3.63) is 76.1 Å². The first kappa shape index (κ1) is 19.4. The molecule has 0 saturated heterocycles. The summed E-state index contributed by atoms with van der Waals surface area (Å²) in [5, 5.41) is 10.6. The van der Waals surface area contributed by atoms with Crippen molar-refractivity contribution < 1.29 is 0 Å². The fourth-order valence-electron chi connectivity index (χ4n) is 3.03. The largest absolute Gasteiger partial charge is 0.227 e. The monoisotopic (exact) mass is 393 g/mol. The van der Waals surface area contributed by atoms with Crippen LogP contribution in [0.5, 0.6) is 0 Å². The standard InChI is InChI=1S/C22H20ClN3S/c1-3-6-20-19(21(23)26-22(25-20)27-2)13-15-9-11-16(12-10-15)18-8-5-4-7-17(18)14-24/h4-5,7-12H,3,6,13H2,1-2H3. The third kappa shape index (κ3) is 4.50. The summed E-state index contributed by atoms with van der Waals surface area (Å²) in [4.78, 5) is 9.06. The van der Waals surface area contributed by atoms with Crippen molar-refractivity contribution in [1.82, 2.24) is 9.97 Å². The van der Waals surface area contributed by atoms with E-state index in [2.05, 4.69) is 47.2 Å². The lowest BCUT2D eigenvalue weighted by molar-refractivity contribution is 0.804. The van der Waals surface area contributed by atoms with E-state index in [0.29, 0.717) is 17.1 Å². The molecular weight excluding hydrogens is 374 g/mol. The average Bonchev–Trinajstić information content (AvgIpc) is 2.71. The fraction of sp³-hybridized carbons (Fsp3) is 0.227. The highest BCUT2D eigenvalue weighted by Gasteiger charge is 2.13. The summed E-state index contributed by atoms with van der Waals surface area (Å²) < 4.78 is 0. The van der Waals surface area contributed by atoms with Crippen LogP contribution in [0, 0.1) is 11.3 Å². The van der Waals surface area contributed by atoms with Gasteiger partial charge in [0, 0.05) is 12.0 Å². The molecule has 0 N–H and O–H groups in total. The maximum atomic E-state index is 9.30. The Hall–Kier alpha value is -2.35. The zero-order valence-electron chi connectivity index (χ0n) is 15.4. The van der Waals surface area contributed by atoms with Crippen molar-refractivity contribution in [3.63, 3.8) is 0 Å². The Labute approximate surface area is 169 Å². The van der Waals surface area contributed by atoms with Crippen LogP contribution in [0.3, 0.4) is 0 Å². The molecule has 0 radical (unpaired) electrons. The number of thioether (sulfide) groups is 1. The van der Waals surface area contributed by atoms with Crippen LogP contribution in [0.2, 0.25) is 5.15 Å². The molecule has 0 aliphatic carbocycles. The van der Waals surface area contributed by atoms with E-state index in [1.165, 1.54) is 11.8 Å². The molecular formula is C22H20ClN3S. The minimum absolute atomic E-state index is 0.539. The van der Waals surface area contributed by atoms with Crippen LogP contribution in [-0.4, -0.2) is 16.2 Å². The van der Waals surface area contributed by atoms with Crippen molar-refractivity contribution in [2.75, 3.05) is 6.26 Å². The summed E-state index contributed by atoms with van der Waals surface area (Å²) in [6.45, 7) is 2.14. The number of nitrogens with zero attached hydrogens (tertiary/aromatic N) is 3. The van der Waals surface area contributed by atoms with Crippen LogP contribution in [0.15, 0.2) is 53.7 Å². The van der Waals surface area contributed by atoms with Crippen LogP contribution in [0.25, 0.3) is 11.1 Å². The zero-order valence-corrected chi connectivity index (χ0v) is 16.9. The van der Waals surface area contributed by atoms with Gasteiger partial charge in [-0.1, -0.05) is 79.2 Å². The lowest BCUT2D eigenvalue weighted by Gasteiger charge is -2.12. The molecule has 136 valence electrons. The summed E-state index contributed by atoms with van der Waals surface area (Å²) in [6, 6.07) is 18.2. The molecule has 27 heavy (non-hydrogen) atoms. The van der Waals surface area contributed by atoms with E-state index in [-0.39, 0.29) is 0 Å². The average molecular weight is 394 g/mol. The highest BCUT2D eigenvalue weighted by molar-refractivity contribution is 7.98. The third-order valence-corrected chi connectivity index (χ3v) is 5.24. The Bertz CT molecular complexity index is 978. The number of halogens is 1. The maximum Gasteiger partial charge on any atom is 0.188 e. The number of hydrogen-bond acceptors (Lipinski definition) is 4. The molecule has 0 fully saturated rings. The Balaban J connectivity index is 1.90. The smallest absolute Gasteiger partial charge is 0.188 e. The summed E-state index contributed by atoms with van der Waals surface area (Å²) in [7, 11) is 0. The molecule has 0 amide bonds. The van der Waals surface area contributed by atoms with Gasteiger partial charge in [0.1, 0.15) is 5.15 Å². The van der Waals surface area contributed by atoms with E-state index in [1.807, 2.05) is 30.5 Å². The molecule has 0 aliphatic rings. The van der Waals surface area contributed by atoms with Crippen molar-refractivity contribution >= 4 is 23.4 Å². The van der Waals surface area contributed by atoms with Crippen molar-refractivity contribution in [2.24, 2.45) is 0 Å². The minimum atomic E-state index is 0.539. The number of hydrogen-bond donors (Lipinski definition) is 0. The number of aromatic nitrogens is 2. The molecule has 0 spiro atoms. The van der Waals surface area contributed by atoms with Crippen LogP contribution < -0.4 is 0 Å². The zero-order chi connectivity index (χ0) is 19.2. The summed E-state index contributed by atoms with van der Waals surface area (Å²) in [5.41, 5.74) is 5.84. The van der Waals surface area contributed by atoms with E-state index in [9.17, 15) is 5.26 Å². The van der Waals surface area contributed by atoms with Crippen molar-refractivity contribution in [3.8, 4) is 17.2 Å². The second-order valence-corrected chi connectivity index (χ2v) is 7.34. The Morgan fingerprint density at radius 2 is 1.81 bits per heavy atom. The Morgan fingerprint density at radius 1 is 1.07 bits per heavy atom. The van der Waals surface area contributed by atoms with Gasteiger partial charge in [0.15, 0.2) is 5.16 Å². The summed E-state index contributed by atoms with van der Waals surface area (Å²) >= 11 is 7.97. The Kier molecular flexibility index (Phi) is 6.49. The van der Waals surface area contributed by atoms with Gasteiger partial charge in [-0.25, -0.2) is 9.97 Å². The molecule has 0 saturated carbocycles. The summed E-state index contributed by atoms with van der Waals surface area (Å²) in [6.07, 6.45) is 4.55. The highest BCUT2D eigenvalue weighted by atomic mass is 35.5. The molecule has 0 atom stereocenters. The molecule has 0 aliphatic heterocycles. The van der Waals surface area contributed by atoms with Gasteiger partial charge in [0.05, 0.1) is 17.3 Å². The molecule has 3 aromatic rings. The normalized spacial score (nSPS) is 10.6. The van der Waals surface area contributed by atoms with E-state index in [0.717, 1.165) is 45.9 Å². The van der Waals surface area contributed by atoms with Crippen molar-refractivity contribution in [2.45, 2.75) is 31.3 Å². The quantitative estimate of drug-likeness (QED) is 0.295. The second kappa shape index (κ2) is 9.03. The number of benzene rings is 2. The predicted molar refractivity (Wildman–Crippen MR) is 112 cm³/mol. The number of nitriles is 1. The molecule has 5 heteroatoms. The SMILES string of the molecule is CCCc1nc(SC)nc(Cl)c1Cc1ccc(-c2ccccc2C#N)cc1. The van der Waals surface area contributed by atoms with Crippen LogP contribution >= 0.6 is 23.4 Å². The lowest BCUT2D eigenvalue weighted by atomic mass is 9.97. The van der Waals surface area contributed by atoms with Crippen molar-refractivity contribution in [1.29, 1.82) is 5.26 Å². The van der Waals surface area contributed by atoms with Crippen LogP contribution in [0.1, 0.15) is 35.7 Å². The van der Waals surface area contributed by atoms with E-state index in [1.54, 1.807) is 0 Å². The molecule has 0 unspecified atom stereocenters. The third-order valence-electron chi connectivity index (χ3n) is 4.38.